The molecular formula is C10H9FN2O. The highest BCUT2D eigenvalue weighted by Crippen LogP contribution is 2.28. The molecule has 14 heavy (non-hydrogen) atoms. The number of halogens is 1. The van der Waals surface area contributed by atoms with Gasteiger partial charge in [0.25, 0.3) is 0 Å². The van der Waals surface area contributed by atoms with Crippen LogP contribution in [0.5, 0.6) is 0 Å². The number of hydrogen-bond donors (Lipinski definition) is 1. The standard InChI is InChI=1S/C10H9FN2O/c1-6-2-3-7(8(11)4-6)10-9(12)5-13-14-10/h2-5H,12H2,1H3. The Labute approximate surface area is 80.3 Å². The molecule has 1 aromatic heterocycles. The van der Waals surface area contributed by atoms with Gasteiger partial charge in [-0.2, -0.15) is 0 Å². The zero-order valence-corrected chi connectivity index (χ0v) is 7.62. The maximum Gasteiger partial charge on any atom is 0.192 e. The van der Waals surface area contributed by atoms with E-state index in [0.717, 1.165) is 5.56 Å². The number of nitrogens with zero attached hydrogens (tertiary/aromatic N) is 1. The molecule has 1 heterocycles. The molecule has 0 saturated heterocycles. The van der Waals surface area contributed by atoms with Gasteiger partial charge < -0.3 is 10.3 Å². The topological polar surface area (TPSA) is 52.0 Å². The van der Waals surface area contributed by atoms with Gasteiger partial charge in [-0.05, 0) is 24.6 Å². The predicted molar refractivity (Wildman–Crippen MR) is 51.0 cm³/mol. The number of aromatic nitrogens is 1. The third kappa shape index (κ3) is 1.35. The lowest BCUT2D eigenvalue weighted by molar-refractivity contribution is 0.430. The Kier molecular flexibility index (Phi) is 1.96. The van der Waals surface area contributed by atoms with E-state index in [1.807, 2.05) is 6.92 Å². The van der Waals surface area contributed by atoms with E-state index in [0.29, 0.717) is 11.3 Å². The second-order valence-corrected chi connectivity index (χ2v) is 3.09. The van der Waals surface area contributed by atoms with Crippen LogP contribution in [0.3, 0.4) is 0 Å². The number of nitrogen functional groups attached to an aromatic ring is 1. The lowest BCUT2D eigenvalue weighted by atomic mass is 10.1. The Morgan fingerprint density at radius 1 is 1.43 bits per heavy atom. The van der Waals surface area contributed by atoms with E-state index in [-0.39, 0.29) is 11.6 Å². The van der Waals surface area contributed by atoms with E-state index in [9.17, 15) is 4.39 Å². The molecular weight excluding hydrogens is 183 g/mol. The number of benzene rings is 1. The van der Waals surface area contributed by atoms with Crippen LogP contribution in [-0.2, 0) is 0 Å². The average Bonchev–Trinajstić information content (AvgIpc) is 2.52. The molecule has 0 atom stereocenters. The maximum absolute atomic E-state index is 13.5. The van der Waals surface area contributed by atoms with E-state index >= 15 is 0 Å². The molecule has 0 radical (unpaired) electrons. The molecule has 1 aromatic carbocycles. The Morgan fingerprint density at radius 3 is 2.79 bits per heavy atom. The number of aryl methyl sites for hydroxylation is 1. The summed E-state index contributed by atoms with van der Waals surface area (Å²) < 4.78 is 18.3. The fourth-order valence-corrected chi connectivity index (χ4v) is 1.26. The van der Waals surface area contributed by atoms with E-state index in [2.05, 4.69) is 5.16 Å². The molecule has 0 aliphatic carbocycles. The summed E-state index contributed by atoms with van der Waals surface area (Å²) >= 11 is 0. The van der Waals surface area contributed by atoms with Crippen LogP contribution in [0.2, 0.25) is 0 Å². The van der Waals surface area contributed by atoms with Gasteiger partial charge in [-0.3, -0.25) is 0 Å². The van der Waals surface area contributed by atoms with Gasteiger partial charge in [0, 0.05) is 0 Å². The monoisotopic (exact) mass is 192 g/mol. The van der Waals surface area contributed by atoms with Crippen LogP contribution in [-0.4, -0.2) is 5.16 Å². The predicted octanol–water partition coefficient (Wildman–Crippen LogP) is 2.37. The summed E-state index contributed by atoms with van der Waals surface area (Å²) in [5, 5.41) is 3.49. The molecule has 0 unspecified atom stereocenters. The highest BCUT2D eigenvalue weighted by molar-refractivity contribution is 5.70. The van der Waals surface area contributed by atoms with Crippen molar-refractivity contribution < 1.29 is 8.91 Å². The second-order valence-electron chi connectivity index (χ2n) is 3.09. The Morgan fingerprint density at radius 2 is 2.21 bits per heavy atom. The van der Waals surface area contributed by atoms with Crippen molar-refractivity contribution in [1.82, 2.24) is 5.16 Å². The summed E-state index contributed by atoms with van der Waals surface area (Å²) in [6, 6.07) is 4.85. The summed E-state index contributed by atoms with van der Waals surface area (Å²) in [6.45, 7) is 1.82. The summed E-state index contributed by atoms with van der Waals surface area (Å²) in [5.41, 5.74) is 7.09. The molecule has 0 aliphatic heterocycles. The van der Waals surface area contributed by atoms with Gasteiger partial charge in [0.05, 0.1) is 11.8 Å². The van der Waals surface area contributed by atoms with Crippen LogP contribution < -0.4 is 5.73 Å². The fourth-order valence-electron chi connectivity index (χ4n) is 1.26. The SMILES string of the molecule is Cc1ccc(-c2oncc2N)c(F)c1. The van der Waals surface area contributed by atoms with Crippen molar-refractivity contribution in [2.75, 3.05) is 5.73 Å². The van der Waals surface area contributed by atoms with Crippen molar-refractivity contribution in [2.24, 2.45) is 0 Å². The summed E-state index contributed by atoms with van der Waals surface area (Å²) in [7, 11) is 0. The average molecular weight is 192 g/mol. The molecule has 0 bridgehead atoms. The van der Waals surface area contributed by atoms with Gasteiger partial charge in [0.15, 0.2) is 5.76 Å². The largest absolute Gasteiger partial charge is 0.394 e. The van der Waals surface area contributed by atoms with Crippen LogP contribution in [0.4, 0.5) is 10.1 Å². The van der Waals surface area contributed by atoms with Crippen molar-refractivity contribution >= 4 is 5.69 Å². The highest BCUT2D eigenvalue weighted by Gasteiger charge is 2.12. The lowest BCUT2D eigenvalue weighted by Crippen LogP contribution is -1.88. The smallest absolute Gasteiger partial charge is 0.192 e. The van der Waals surface area contributed by atoms with E-state index in [1.165, 1.54) is 12.3 Å². The molecule has 0 fully saturated rings. The molecule has 2 rings (SSSR count). The first-order valence-electron chi connectivity index (χ1n) is 4.15. The van der Waals surface area contributed by atoms with E-state index in [4.69, 9.17) is 10.3 Å². The minimum Gasteiger partial charge on any atom is -0.394 e. The Balaban J connectivity index is 2.58. The summed E-state index contributed by atoms with van der Waals surface area (Å²) in [4.78, 5) is 0. The third-order valence-electron chi connectivity index (χ3n) is 1.97. The minimum atomic E-state index is -0.353. The zero-order chi connectivity index (χ0) is 10.1. The molecule has 2 aromatic rings. The van der Waals surface area contributed by atoms with Gasteiger partial charge in [-0.15, -0.1) is 0 Å². The van der Waals surface area contributed by atoms with Crippen LogP contribution in [0.1, 0.15) is 5.56 Å². The van der Waals surface area contributed by atoms with Crippen LogP contribution in [0, 0.1) is 12.7 Å². The van der Waals surface area contributed by atoms with Crippen molar-refractivity contribution in [1.29, 1.82) is 0 Å². The lowest BCUT2D eigenvalue weighted by Gasteiger charge is -2.00. The first kappa shape index (κ1) is 8.74. The first-order chi connectivity index (χ1) is 6.68. The Bertz CT molecular complexity index is 465. The molecule has 0 amide bonds. The van der Waals surface area contributed by atoms with Gasteiger partial charge in [-0.25, -0.2) is 4.39 Å². The van der Waals surface area contributed by atoms with E-state index in [1.54, 1.807) is 12.1 Å². The van der Waals surface area contributed by atoms with Crippen molar-refractivity contribution in [3.63, 3.8) is 0 Å². The minimum absolute atomic E-state index is 0.280. The van der Waals surface area contributed by atoms with Gasteiger partial charge >= 0.3 is 0 Å². The number of hydrogen-bond acceptors (Lipinski definition) is 3. The van der Waals surface area contributed by atoms with Crippen molar-refractivity contribution in [3.05, 3.63) is 35.8 Å². The maximum atomic E-state index is 13.5. The van der Waals surface area contributed by atoms with Gasteiger partial charge in [0.1, 0.15) is 11.5 Å². The zero-order valence-electron chi connectivity index (χ0n) is 7.62. The number of nitrogens with two attached hydrogens (primary N) is 1. The highest BCUT2D eigenvalue weighted by atomic mass is 19.1. The molecule has 0 saturated carbocycles. The molecule has 3 nitrogen and oxygen atoms in total. The molecule has 2 N–H and O–H groups in total. The quantitative estimate of drug-likeness (QED) is 0.754. The van der Waals surface area contributed by atoms with Gasteiger partial charge in [-0.1, -0.05) is 11.2 Å². The second kappa shape index (κ2) is 3.14. The Hall–Kier alpha value is -1.84. The van der Waals surface area contributed by atoms with Crippen molar-refractivity contribution in [3.8, 4) is 11.3 Å². The van der Waals surface area contributed by atoms with Crippen LogP contribution >= 0.6 is 0 Å². The fraction of sp³-hybridized carbons (Fsp3) is 0.100. The normalized spacial score (nSPS) is 10.4. The number of anilines is 1. The van der Waals surface area contributed by atoms with Crippen LogP contribution in [0.15, 0.2) is 28.9 Å². The molecule has 72 valence electrons. The molecule has 4 heteroatoms. The molecule has 0 spiro atoms. The van der Waals surface area contributed by atoms with Crippen molar-refractivity contribution in [2.45, 2.75) is 6.92 Å². The number of rotatable bonds is 1. The summed E-state index contributed by atoms with van der Waals surface area (Å²) in [5.74, 6) is -0.0732. The third-order valence-corrected chi connectivity index (χ3v) is 1.97. The van der Waals surface area contributed by atoms with E-state index < -0.39 is 0 Å². The van der Waals surface area contributed by atoms with Crippen LogP contribution in [0.25, 0.3) is 11.3 Å². The molecule has 0 aliphatic rings. The van der Waals surface area contributed by atoms with Gasteiger partial charge in [0.2, 0.25) is 0 Å². The first-order valence-corrected chi connectivity index (χ1v) is 4.15. The summed E-state index contributed by atoms with van der Waals surface area (Å²) in [6.07, 6.45) is 1.36.